The number of carbonyl (C=O) groups is 1. The molecule has 6 heteroatoms. The average Bonchev–Trinajstić information content (AvgIpc) is 2.62. The summed E-state index contributed by atoms with van der Waals surface area (Å²) < 4.78 is 16.2. The van der Waals surface area contributed by atoms with E-state index in [-0.39, 0.29) is 0 Å². The van der Waals surface area contributed by atoms with Crippen LogP contribution in [0, 0.1) is 0 Å². The Morgan fingerprint density at radius 2 is 1.96 bits per heavy atom. The molecule has 0 saturated carbocycles. The third kappa shape index (κ3) is 5.24. The third-order valence-corrected chi connectivity index (χ3v) is 3.21. The number of nitrogens with zero attached hydrogens (tertiary/aromatic N) is 2. The van der Waals surface area contributed by atoms with E-state index < -0.39 is 5.97 Å². The fourth-order valence-electron chi connectivity index (χ4n) is 2.05. The summed E-state index contributed by atoms with van der Waals surface area (Å²) >= 11 is 0. The standard InChI is InChI=1S/C19H22N2O4/c1-5-24-18-11-14(13-20-21(2)3)9-10-17(18)25-19(22)15-7-6-8-16(12-15)23-4/h6-13H,5H2,1-4H3. The van der Waals surface area contributed by atoms with Crippen molar-refractivity contribution in [3.63, 3.8) is 0 Å². The number of esters is 1. The minimum atomic E-state index is -0.477. The Labute approximate surface area is 147 Å². The first-order valence-corrected chi connectivity index (χ1v) is 7.88. The van der Waals surface area contributed by atoms with Crippen LogP contribution >= 0.6 is 0 Å². The molecule has 0 aliphatic heterocycles. The van der Waals surface area contributed by atoms with Crippen LogP contribution in [0.1, 0.15) is 22.8 Å². The Morgan fingerprint density at radius 1 is 1.16 bits per heavy atom. The van der Waals surface area contributed by atoms with Crippen LogP contribution in [0.25, 0.3) is 0 Å². The van der Waals surface area contributed by atoms with E-state index in [0.29, 0.717) is 29.4 Å². The minimum absolute atomic E-state index is 0.358. The molecule has 0 unspecified atom stereocenters. The van der Waals surface area contributed by atoms with Gasteiger partial charge in [-0.05, 0) is 48.9 Å². The van der Waals surface area contributed by atoms with E-state index in [1.807, 2.05) is 27.1 Å². The molecule has 0 aromatic heterocycles. The predicted molar refractivity (Wildman–Crippen MR) is 96.8 cm³/mol. The van der Waals surface area contributed by atoms with Crippen LogP contribution in [0.2, 0.25) is 0 Å². The molecule has 0 aliphatic rings. The van der Waals surface area contributed by atoms with Gasteiger partial charge in [0.25, 0.3) is 0 Å². The lowest BCUT2D eigenvalue weighted by Gasteiger charge is -2.12. The number of benzene rings is 2. The lowest BCUT2D eigenvalue weighted by molar-refractivity contribution is 0.0728. The molecule has 132 valence electrons. The normalized spacial score (nSPS) is 10.6. The van der Waals surface area contributed by atoms with E-state index in [2.05, 4.69) is 5.10 Å². The number of hydrogen-bond donors (Lipinski definition) is 0. The molecule has 0 amide bonds. The molecular weight excluding hydrogens is 320 g/mol. The smallest absolute Gasteiger partial charge is 0.343 e. The Bertz CT molecular complexity index is 757. The molecule has 0 spiro atoms. The second-order valence-electron chi connectivity index (χ2n) is 5.35. The maximum absolute atomic E-state index is 12.4. The lowest BCUT2D eigenvalue weighted by atomic mass is 10.2. The summed E-state index contributed by atoms with van der Waals surface area (Å²) in [6.45, 7) is 2.33. The summed E-state index contributed by atoms with van der Waals surface area (Å²) in [5.41, 5.74) is 1.25. The molecule has 2 aromatic rings. The topological polar surface area (TPSA) is 60.4 Å². The molecule has 0 fully saturated rings. The number of ether oxygens (including phenoxy) is 3. The summed E-state index contributed by atoms with van der Waals surface area (Å²) in [7, 11) is 5.22. The van der Waals surface area contributed by atoms with Gasteiger partial charge in [-0.3, -0.25) is 0 Å². The Balaban J connectivity index is 2.23. The van der Waals surface area contributed by atoms with Gasteiger partial charge in [0.1, 0.15) is 5.75 Å². The van der Waals surface area contributed by atoms with E-state index in [9.17, 15) is 4.79 Å². The molecule has 0 radical (unpaired) electrons. The van der Waals surface area contributed by atoms with Gasteiger partial charge in [0, 0.05) is 14.1 Å². The molecule has 0 aliphatic carbocycles. The molecule has 2 rings (SSSR count). The summed E-state index contributed by atoms with van der Waals surface area (Å²) in [5.74, 6) is 0.961. The highest BCUT2D eigenvalue weighted by atomic mass is 16.6. The summed E-state index contributed by atoms with van der Waals surface area (Å²) in [4.78, 5) is 12.4. The zero-order valence-corrected chi connectivity index (χ0v) is 14.9. The van der Waals surface area contributed by atoms with Gasteiger partial charge in [0.2, 0.25) is 0 Å². The number of methoxy groups -OCH3 is 1. The van der Waals surface area contributed by atoms with Crippen LogP contribution in [0.3, 0.4) is 0 Å². The van der Waals surface area contributed by atoms with Gasteiger partial charge in [-0.2, -0.15) is 5.10 Å². The van der Waals surface area contributed by atoms with Gasteiger partial charge in [-0.15, -0.1) is 0 Å². The van der Waals surface area contributed by atoms with Crippen LogP contribution in [-0.4, -0.2) is 45.0 Å². The maximum Gasteiger partial charge on any atom is 0.343 e. The van der Waals surface area contributed by atoms with Crippen LogP contribution in [0.4, 0.5) is 0 Å². The molecular formula is C19H22N2O4. The number of hydrazone groups is 1. The van der Waals surface area contributed by atoms with E-state index >= 15 is 0 Å². The van der Waals surface area contributed by atoms with Gasteiger partial charge in [-0.1, -0.05) is 6.07 Å². The molecule has 6 nitrogen and oxygen atoms in total. The highest BCUT2D eigenvalue weighted by Crippen LogP contribution is 2.29. The monoisotopic (exact) mass is 342 g/mol. The second-order valence-corrected chi connectivity index (χ2v) is 5.35. The molecule has 0 atom stereocenters. The molecule has 0 saturated heterocycles. The number of hydrogen-bond acceptors (Lipinski definition) is 6. The van der Waals surface area contributed by atoms with Crippen molar-refractivity contribution in [2.24, 2.45) is 5.10 Å². The van der Waals surface area contributed by atoms with Crippen molar-refractivity contribution >= 4 is 12.2 Å². The zero-order chi connectivity index (χ0) is 18.2. The lowest BCUT2D eigenvalue weighted by Crippen LogP contribution is -2.10. The van der Waals surface area contributed by atoms with E-state index in [0.717, 1.165) is 5.56 Å². The molecule has 0 N–H and O–H groups in total. The van der Waals surface area contributed by atoms with Crippen molar-refractivity contribution in [2.45, 2.75) is 6.92 Å². The summed E-state index contributed by atoms with van der Waals surface area (Å²) in [5, 5.41) is 5.88. The van der Waals surface area contributed by atoms with Gasteiger partial charge < -0.3 is 19.2 Å². The first-order chi connectivity index (χ1) is 12.0. The molecule has 0 heterocycles. The molecule has 2 aromatic carbocycles. The van der Waals surface area contributed by atoms with E-state index in [1.54, 1.807) is 54.7 Å². The van der Waals surface area contributed by atoms with Crippen LogP contribution in [-0.2, 0) is 0 Å². The minimum Gasteiger partial charge on any atom is -0.497 e. The van der Waals surface area contributed by atoms with Crippen molar-refractivity contribution < 1.29 is 19.0 Å². The first-order valence-electron chi connectivity index (χ1n) is 7.88. The average molecular weight is 342 g/mol. The predicted octanol–water partition coefficient (Wildman–Crippen LogP) is 3.21. The van der Waals surface area contributed by atoms with E-state index in [4.69, 9.17) is 14.2 Å². The van der Waals surface area contributed by atoms with Crippen molar-refractivity contribution in [2.75, 3.05) is 27.8 Å². The van der Waals surface area contributed by atoms with Gasteiger partial charge in [0.05, 0.1) is 25.5 Å². The summed E-state index contributed by atoms with van der Waals surface area (Å²) in [6.07, 6.45) is 1.70. The Morgan fingerprint density at radius 3 is 2.64 bits per heavy atom. The summed E-state index contributed by atoms with van der Waals surface area (Å²) in [6, 6.07) is 12.1. The van der Waals surface area contributed by atoms with Crippen LogP contribution in [0.5, 0.6) is 17.2 Å². The fraction of sp³-hybridized carbons (Fsp3) is 0.263. The van der Waals surface area contributed by atoms with Crippen LogP contribution in [0.15, 0.2) is 47.6 Å². The van der Waals surface area contributed by atoms with Gasteiger partial charge in [-0.25, -0.2) is 4.79 Å². The maximum atomic E-state index is 12.4. The largest absolute Gasteiger partial charge is 0.497 e. The van der Waals surface area contributed by atoms with Crippen molar-refractivity contribution in [1.29, 1.82) is 0 Å². The number of carbonyl (C=O) groups excluding carboxylic acids is 1. The van der Waals surface area contributed by atoms with E-state index in [1.165, 1.54) is 0 Å². The van der Waals surface area contributed by atoms with Gasteiger partial charge in [0.15, 0.2) is 11.5 Å². The van der Waals surface area contributed by atoms with Gasteiger partial charge >= 0.3 is 5.97 Å². The second kappa shape index (κ2) is 8.73. The first kappa shape index (κ1) is 18.3. The number of rotatable bonds is 7. The third-order valence-electron chi connectivity index (χ3n) is 3.21. The zero-order valence-electron chi connectivity index (χ0n) is 14.9. The molecule has 0 bridgehead atoms. The SMILES string of the molecule is CCOc1cc(C=NN(C)C)ccc1OC(=O)c1cccc(OC)c1. The highest BCUT2D eigenvalue weighted by molar-refractivity contribution is 5.92. The molecule has 25 heavy (non-hydrogen) atoms. The van der Waals surface area contributed by atoms with Crippen molar-refractivity contribution in [3.05, 3.63) is 53.6 Å². The van der Waals surface area contributed by atoms with Crippen molar-refractivity contribution in [1.82, 2.24) is 5.01 Å². The fourth-order valence-corrected chi connectivity index (χ4v) is 2.05. The van der Waals surface area contributed by atoms with Crippen molar-refractivity contribution in [3.8, 4) is 17.2 Å². The Kier molecular flexibility index (Phi) is 6.39. The Hall–Kier alpha value is -3.02. The van der Waals surface area contributed by atoms with Crippen LogP contribution < -0.4 is 14.2 Å². The quantitative estimate of drug-likeness (QED) is 0.335. The highest BCUT2D eigenvalue weighted by Gasteiger charge is 2.14.